The van der Waals surface area contributed by atoms with Gasteiger partial charge in [0.1, 0.15) is 6.54 Å². The number of sulfonamides is 1. The summed E-state index contributed by atoms with van der Waals surface area (Å²) in [5.74, 6) is -0.889. The van der Waals surface area contributed by atoms with Crippen LogP contribution in [-0.4, -0.2) is 32.5 Å². The standard InChI is InChI=1S/C30H27ClN4O4S/c1-21-18-25(31)16-17-28(21)35(40(38,39)27-14-7-4-8-15-27)20-29(36)34-33-22(2)24-12-9-13-26(19-24)32-30(37)23-10-5-3-6-11-23/h3-19H,20H2,1-2H3,(H,32,37)(H,34,36)/b33-22-. The molecule has 0 saturated carbocycles. The largest absolute Gasteiger partial charge is 0.322 e. The van der Waals surface area contributed by atoms with E-state index in [2.05, 4.69) is 15.8 Å². The summed E-state index contributed by atoms with van der Waals surface area (Å²) in [6, 6.07) is 28.5. The molecule has 0 aromatic heterocycles. The Labute approximate surface area is 238 Å². The first-order chi connectivity index (χ1) is 19.1. The molecule has 2 N–H and O–H groups in total. The van der Waals surface area contributed by atoms with Crippen molar-refractivity contribution >= 4 is 50.5 Å². The molecule has 0 aliphatic carbocycles. The van der Waals surface area contributed by atoms with Gasteiger partial charge in [-0.05, 0) is 79.6 Å². The predicted octanol–water partition coefficient (Wildman–Crippen LogP) is 5.64. The molecule has 4 aromatic rings. The summed E-state index contributed by atoms with van der Waals surface area (Å²) in [6.45, 7) is 2.91. The fraction of sp³-hybridized carbons (Fsp3) is 0.100. The number of carbonyl (C=O) groups excluding carboxylic acids is 2. The molecular weight excluding hydrogens is 548 g/mol. The molecule has 10 heteroatoms. The smallest absolute Gasteiger partial charge is 0.264 e. The number of rotatable bonds is 9. The minimum atomic E-state index is -4.07. The second-order valence-electron chi connectivity index (χ2n) is 8.89. The van der Waals surface area contributed by atoms with Gasteiger partial charge in [-0.15, -0.1) is 0 Å². The number of aryl methyl sites for hydroxylation is 1. The highest BCUT2D eigenvalue weighted by molar-refractivity contribution is 7.92. The number of nitrogens with zero attached hydrogens (tertiary/aromatic N) is 2. The highest BCUT2D eigenvalue weighted by Crippen LogP contribution is 2.28. The van der Waals surface area contributed by atoms with Gasteiger partial charge in [0, 0.05) is 16.3 Å². The summed E-state index contributed by atoms with van der Waals surface area (Å²) in [7, 11) is -4.07. The van der Waals surface area contributed by atoms with Crippen molar-refractivity contribution in [3.05, 3.63) is 125 Å². The van der Waals surface area contributed by atoms with E-state index in [1.54, 1.807) is 98.8 Å². The zero-order valence-electron chi connectivity index (χ0n) is 21.8. The van der Waals surface area contributed by atoms with Gasteiger partial charge in [0.25, 0.3) is 21.8 Å². The SMILES string of the molecule is C/C(=N/NC(=O)CN(c1ccc(Cl)cc1C)S(=O)(=O)c1ccccc1)c1cccc(NC(=O)c2ccccc2)c1. The normalized spacial score (nSPS) is 11.5. The van der Waals surface area contributed by atoms with E-state index in [9.17, 15) is 18.0 Å². The number of amides is 2. The van der Waals surface area contributed by atoms with Gasteiger partial charge in [-0.2, -0.15) is 5.10 Å². The van der Waals surface area contributed by atoms with Crippen LogP contribution < -0.4 is 15.0 Å². The van der Waals surface area contributed by atoms with Crippen molar-refractivity contribution in [1.82, 2.24) is 5.43 Å². The molecule has 0 unspecified atom stereocenters. The first-order valence-corrected chi connectivity index (χ1v) is 14.1. The van der Waals surface area contributed by atoms with Crippen molar-refractivity contribution in [2.45, 2.75) is 18.7 Å². The van der Waals surface area contributed by atoms with Crippen LogP contribution in [0.1, 0.15) is 28.4 Å². The third-order valence-electron chi connectivity index (χ3n) is 5.97. The Kier molecular flexibility index (Phi) is 8.98. The van der Waals surface area contributed by atoms with Crippen LogP contribution in [0.15, 0.2) is 113 Å². The molecular formula is C30H27ClN4O4S. The lowest BCUT2D eigenvalue weighted by atomic mass is 10.1. The van der Waals surface area contributed by atoms with Crippen LogP contribution in [-0.2, 0) is 14.8 Å². The Balaban J connectivity index is 1.52. The third-order valence-corrected chi connectivity index (χ3v) is 7.98. The van der Waals surface area contributed by atoms with Crippen LogP contribution in [0.5, 0.6) is 0 Å². The molecule has 8 nitrogen and oxygen atoms in total. The van der Waals surface area contributed by atoms with Crippen LogP contribution in [0.3, 0.4) is 0 Å². The first-order valence-electron chi connectivity index (χ1n) is 12.3. The topological polar surface area (TPSA) is 108 Å². The van der Waals surface area contributed by atoms with Crippen molar-refractivity contribution in [2.75, 3.05) is 16.2 Å². The van der Waals surface area contributed by atoms with E-state index >= 15 is 0 Å². The lowest BCUT2D eigenvalue weighted by Gasteiger charge is -2.25. The van der Waals surface area contributed by atoms with E-state index < -0.39 is 22.5 Å². The van der Waals surface area contributed by atoms with Crippen LogP contribution >= 0.6 is 11.6 Å². The minimum Gasteiger partial charge on any atom is -0.322 e. The van der Waals surface area contributed by atoms with E-state index in [-0.39, 0.29) is 10.8 Å². The molecule has 204 valence electrons. The molecule has 40 heavy (non-hydrogen) atoms. The maximum absolute atomic E-state index is 13.5. The molecule has 0 heterocycles. The van der Waals surface area contributed by atoms with Gasteiger partial charge in [-0.1, -0.05) is 60.1 Å². The fourth-order valence-corrected chi connectivity index (χ4v) is 5.64. The Morgan fingerprint density at radius 2 is 1.50 bits per heavy atom. The van der Waals surface area contributed by atoms with Crippen LogP contribution in [0.25, 0.3) is 0 Å². The number of anilines is 2. The summed E-state index contributed by atoms with van der Waals surface area (Å²) >= 11 is 6.08. The summed E-state index contributed by atoms with van der Waals surface area (Å²) < 4.78 is 28.1. The van der Waals surface area contributed by atoms with Crippen LogP contribution in [0.2, 0.25) is 5.02 Å². The molecule has 0 spiro atoms. The van der Waals surface area contributed by atoms with Gasteiger partial charge in [0.2, 0.25) is 0 Å². The van der Waals surface area contributed by atoms with E-state index in [1.165, 1.54) is 12.1 Å². The van der Waals surface area contributed by atoms with Gasteiger partial charge in [-0.25, -0.2) is 13.8 Å². The summed E-state index contributed by atoms with van der Waals surface area (Å²) in [5, 5.41) is 7.46. The van der Waals surface area contributed by atoms with Crippen molar-refractivity contribution in [1.29, 1.82) is 0 Å². The predicted molar refractivity (Wildman–Crippen MR) is 158 cm³/mol. The molecule has 0 bridgehead atoms. The Morgan fingerprint density at radius 3 is 2.17 bits per heavy atom. The van der Waals surface area contributed by atoms with E-state index in [4.69, 9.17) is 11.6 Å². The Bertz CT molecular complexity index is 1660. The number of hydrogen-bond donors (Lipinski definition) is 2. The summed E-state index contributed by atoms with van der Waals surface area (Å²) in [6.07, 6.45) is 0. The average molecular weight is 575 g/mol. The van der Waals surface area contributed by atoms with Gasteiger partial charge in [0.15, 0.2) is 0 Å². The number of carbonyl (C=O) groups is 2. The molecule has 0 atom stereocenters. The third kappa shape index (κ3) is 6.93. The lowest BCUT2D eigenvalue weighted by molar-refractivity contribution is -0.119. The van der Waals surface area contributed by atoms with Crippen LogP contribution in [0, 0.1) is 6.92 Å². The number of nitrogens with one attached hydrogen (secondary N) is 2. The molecule has 0 radical (unpaired) electrons. The van der Waals surface area contributed by atoms with Gasteiger partial charge >= 0.3 is 0 Å². The van der Waals surface area contributed by atoms with Gasteiger partial charge in [0.05, 0.1) is 16.3 Å². The van der Waals surface area contributed by atoms with E-state index in [0.29, 0.717) is 38.8 Å². The molecule has 0 aliphatic rings. The number of halogens is 1. The van der Waals surface area contributed by atoms with E-state index in [0.717, 1.165) is 4.31 Å². The maximum Gasteiger partial charge on any atom is 0.264 e. The maximum atomic E-state index is 13.5. The second-order valence-corrected chi connectivity index (χ2v) is 11.2. The number of hydrogen-bond acceptors (Lipinski definition) is 5. The number of benzene rings is 4. The first kappa shape index (κ1) is 28.5. The molecule has 0 aliphatic heterocycles. The summed E-state index contributed by atoms with van der Waals surface area (Å²) in [4.78, 5) is 25.5. The minimum absolute atomic E-state index is 0.0474. The van der Waals surface area contributed by atoms with Crippen molar-refractivity contribution < 1.29 is 18.0 Å². The van der Waals surface area contributed by atoms with Gasteiger partial charge < -0.3 is 5.32 Å². The molecule has 2 amide bonds. The molecule has 0 saturated heterocycles. The average Bonchev–Trinajstić information content (AvgIpc) is 2.96. The quantitative estimate of drug-likeness (QED) is 0.199. The lowest BCUT2D eigenvalue weighted by Crippen LogP contribution is -2.40. The van der Waals surface area contributed by atoms with Crippen molar-refractivity contribution in [2.24, 2.45) is 5.10 Å². The Hall–Kier alpha value is -4.47. The number of hydrazone groups is 1. The second kappa shape index (κ2) is 12.6. The molecule has 4 aromatic carbocycles. The summed E-state index contributed by atoms with van der Waals surface area (Å²) in [5.41, 5.74) is 5.58. The van der Waals surface area contributed by atoms with Gasteiger partial charge in [-0.3, -0.25) is 13.9 Å². The molecule has 4 rings (SSSR count). The Morgan fingerprint density at radius 1 is 0.850 bits per heavy atom. The zero-order valence-corrected chi connectivity index (χ0v) is 23.4. The van der Waals surface area contributed by atoms with Crippen molar-refractivity contribution in [3.8, 4) is 0 Å². The zero-order chi connectivity index (χ0) is 28.7. The van der Waals surface area contributed by atoms with E-state index in [1.807, 2.05) is 6.07 Å². The fourth-order valence-electron chi connectivity index (χ4n) is 3.91. The molecule has 0 fully saturated rings. The van der Waals surface area contributed by atoms with Crippen molar-refractivity contribution in [3.63, 3.8) is 0 Å². The highest BCUT2D eigenvalue weighted by Gasteiger charge is 2.28. The monoisotopic (exact) mass is 574 g/mol. The van der Waals surface area contributed by atoms with Crippen LogP contribution in [0.4, 0.5) is 11.4 Å². The highest BCUT2D eigenvalue weighted by atomic mass is 35.5.